The minimum atomic E-state index is 0.565. The van der Waals surface area contributed by atoms with E-state index in [4.69, 9.17) is 26.1 Å². The fourth-order valence-electron chi connectivity index (χ4n) is 3.24. The maximum atomic E-state index is 6.13. The molecule has 0 fully saturated rings. The monoisotopic (exact) mass is 396 g/mol. The van der Waals surface area contributed by atoms with Crippen LogP contribution in [0.3, 0.4) is 0 Å². The number of H-pyrrole nitrogens is 1. The van der Waals surface area contributed by atoms with Crippen LogP contribution in [-0.2, 0) is 11.3 Å². The van der Waals surface area contributed by atoms with Crippen molar-refractivity contribution < 1.29 is 9.47 Å². The van der Waals surface area contributed by atoms with Crippen LogP contribution in [0.2, 0.25) is 5.02 Å². The predicted molar refractivity (Wildman–Crippen MR) is 111 cm³/mol. The summed E-state index contributed by atoms with van der Waals surface area (Å²) in [6, 6.07) is 11.8. The second kappa shape index (κ2) is 7.66. The highest BCUT2D eigenvalue weighted by molar-refractivity contribution is 6.32. The van der Waals surface area contributed by atoms with Crippen LogP contribution in [0.1, 0.15) is 5.56 Å². The number of rotatable bonds is 6. The van der Waals surface area contributed by atoms with Crippen LogP contribution in [0.4, 0.5) is 0 Å². The van der Waals surface area contributed by atoms with Gasteiger partial charge in [-0.1, -0.05) is 17.7 Å². The summed E-state index contributed by atoms with van der Waals surface area (Å²) in [5.41, 5.74) is 4.95. The molecule has 4 aromatic rings. The van der Waals surface area contributed by atoms with Crippen molar-refractivity contribution in [2.45, 2.75) is 13.5 Å². The van der Waals surface area contributed by atoms with Gasteiger partial charge in [-0.2, -0.15) is 0 Å². The van der Waals surface area contributed by atoms with Gasteiger partial charge >= 0.3 is 0 Å². The largest absolute Gasteiger partial charge is 0.495 e. The van der Waals surface area contributed by atoms with Crippen molar-refractivity contribution in [2.75, 3.05) is 20.8 Å². The minimum absolute atomic E-state index is 0.565. The Morgan fingerprint density at radius 3 is 2.79 bits per heavy atom. The molecule has 0 atom stereocenters. The first-order valence-corrected chi connectivity index (χ1v) is 9.33. The maximum absolute atomic E-state index is 6.13. The number of hydrogen-bond acceptors (Lipinski definition) is 4. The van der Waals surface area contributed by atoms with Gasteiger partial charge in [-0.25, -0.2) is 9.97 Å². The number of aromatic amines is 1. The van der Waals surface area contributed by atoms with E-state index in [0.717, 1.165) is 33.9 Å². The van der Waals surface area contributed by atoms with Crippen molar-refractivity contribution in [3.05, 3.63) is 53.2 Å². The number of nitrogens with one attached hydrogen (secondary N) is 1. The number of fused-ring (bicyclic) bond motifs is 1. The van der Waals surface area contributed by atoms with Gasteiger partial charge in [-0.05, 0) is 42.8 Å². The van der Waals surface area contributed by atoms with E-state index < -0.39 is 0 Å². The average Bonchev–Trinajstić information content (AvgIpc) is 3.31. The number of halogens is 1. The first-order chi connectivity index (χ1) is 13.6. The molecule has 0 aliphatic rings. The number of nitrogens with zero attached hydrogens (tertiary/aromatic N) is 3. The molecule has 1 N–H and O–H groups in total. The number of hydrogen-bond donors (Lipinski definition) is 1. The van der Waals surface area contributed by atoms with E-state index >= 15 is 0 Å². The molecule has 0 saturated heterocycles. The third kappa shape index (κ3) is 3.37. The molecule has 0 aliphatic heterocycles. The lowest BCUT2D eigenvalue weighted by Gasteiger charge is -2.08. The van der Waals surface area contributed by atoms with E-state index in [9.17, 15) is 0 Å². The zero-order chi connectivity index (χ0) is 19.7. The van der Waals surface area contributed by atoms with Crippen molar-refractivity contribution in [2.24, 2.45) is 0 Å². The number of methoxy groups -OCH3 is 2. The molecule has 2 aromatic heterocycles. The highest BCUT2D eigenvalue weighted by Crippen LogP contribution is 2.31. The number of imidazole rings is 2. The molecule has 0 spiro atoms. The molecule has 0 unspecified atom stereocenters. The second-order valence-corrected chi connectivity index (χ2v) is 6.97. The minimum Gasteiger partial charge on any atom is -0.495 e. The normalized spacial score (nSPS) is 11.3. The Bertz CT molecular complexity index is 1130. The lowest BCUT2D eigenvalue weighted by molar-refractivity contribution is 0.188. The molecule has 6 nitrogen and oxygen atoms in total. The van der Waals surface area contributed by atoms with E-state index in [1.54, 1.807) is 26.5 Å². The van der Waals surface area contributed by atoms with Crippen LogP contribution in [0, 0.1) is 6.92 Å². The van der Waals surface area contributed by atoms with Crippen molar-refractivity contribution in [1.82, 2.24) is 19.5 Å². The van der Waals surface area contributed by atoms with Gasteiger partial charge in [0.05, 0.1) is 36.0 Å². The summed E-state index contributed by atoms with van der Waals surface area (Å²) in [6.07, 6.45) is 1.80. The van der Waals surface area contributed by atoms with Gasteiger partial charge in [0.25, 0.3) is 0 Å². The molecular weight excluding hydrogens is 376 g/mol. The molecule has 7 heteroatoms. The Labute approximate surface area is 168 Å². The topological polar surface area (TPSA) is 65.0 Å². The highest BCUT2D eigenvalue weighted by atomic mass is 35.5. The van der Waals surface area contributed by atoms with Crippen molar-refractivity contribution in [3.8, 4) is 28.7 Å². The summed E-state index contributed by atoms with van der Waals surface area (Å²) in [5.74, 6) is 2.17. The van der Waals surface area contributed by atoms with Crippen molar-refractivity contribution in [3.63, 3.8) is 0 Å². The Morgan fingerprint density at radius 1 is 1.14 bits per heavy atom. The fraction of sp³-hybridized carbons (Fsp3) is 0.238. The summed E-state index contributed by atoms with van der Waals surface area (Å²) in [5, 5.41) is 0.565. The molecule has 2 heterocycles. The standard InChI is InChI=1S/C21H21ClN4O2/c1-13-4-7-16-18(10-13)26(8-9-27-2)21(25-16)17-12-23-20(24-17)14-5-6-15(22)19(11-14)28-3/h4-7,10-12H,8-9H2,1-3H3,(H,23,24). The van der Waals surface area contributed by atoms with Crippen molar-refractivity contribution in [1.29, 1.82) is 0 Å². The van der Waals surface area contributed by atoms with Crippen LogP contribution in [0.5, 0.6) is 5.75 Å². The summed E-state index contributed by atoms with van der Waals surface area (Å²) < 4.78 is 12.8. The van der Waals surface area contributed by atoms with E-state index in [1.165, 1.54) is 5.56 Å². The lowest BCUT2D eigenvalue weighted by Crippen LogP contribution is -2.06. The molecule has 0 aliphatic carbocycles. The Hall–Kier alpha value is -2.83. The second-order valence-electron chi connectivity index (χ2n) is 6.57. The molecule has 2 aromatic carbocycles. The van der Waals surface area contributed by atoms with E-state index in [2.05, 4.69) is 33.6 Å². The number of benzene rings is 2. The maximum Gasteiger partial charge on any atom is 0.159 e. The van der Waals surface area contributed by atoms with Crippen LogP contribution >= 0.6 is 11.6 Å². The molecule has 0 amide bonds. The van der Waals surface area contributed by atoms with Crippen LogP contribution in [-0.4, -0.2) is 40.3 Å². The summed E-state index contributed by atoms with van der Waals surface area (Å²) in [4.78, 5) is 12.7. The summed E-state index contributed by atoms with van der Waals surface area (Å²) in [7, 11) is 3.30. The third-order valence-corrected chi connectivity index (χ3v) is 4.98. The first kappa shape index (κ1) is 18.5. The summed E-state index contributed by atoms with van der Waals surface area (Å²) >= 11 is 6.13. The van der Waals surface area contributed by atoms with Gasteiger partial charge in [0.15, 0.2) is 5.82 Å². The smallest absolute Gasteiger partial charge is 0.159 e. The Kier molecular flexibility index (Phi) is 5.07. The zero-order valence-corrected chi connectivity index (χ0v) is 16.7. The molecule has 0 bridgehead atoms. The van der Waals surface area contributed by atoms with Gasteiger partial charge in [-0.3, -0.25) is 0 Å². The molecule has 144 valence electrons. The highest BCUT2D eigenvalue weighted by Gasteiger charge is 2.16. The number of ether oxygens (including phenoxy) is 2. The van der Waals surface area contributed by atoms with E-state index in [1.807, 2.05) is 18.2 Å². The summed E-state index contributed by atoms with van der Waals surface area (Å²) in [6.45, 7) is 3.38. The molecule has 0 saturated carbocycles. The molecule has 28 heavy (non-hydrogen) atoms. The molecular formula is C21H21ClN4O2. The number of aryl methyl sites for hydroxylation is 1. The van der Waals surface area contributed by atoms with Crippen LogP contribution in [0.25, 0.3) is 33.9 Å². The van der Waals surface area contributed by atoms with Crippen LogP contribution in [0.15, 0.2) is 42.6 Å². The first-order valence-electron chi connectivity index (χ1n) is 8.96. The number of aromatic nitrogens is 4. The zero-order valence-electron chi connectivity index (χ0n) is 16.0. The average molecular weight is 397 g/mol. The quantitative estimate of drug-likeness (QED) is 0.512. The molecule has 0 radical (unpaired) electrons. The predicted octanol–water partition coefficient (Wildman–Crippen LogP) is 4.71. The molecule has 4 rings (SSSR count). The SMILES string of the molecule is COCCn1c(-c2cnc(-c3ccc(Cl)c(OC)c3)[nH]2)nc2ccc(C)cc21. The lowest BCUT2D eigenvalue weighted by atomic mass is 10.2. The fourth-order valence-corrected chi connectivity index (χ4v) is 3.43. The Morgan fingerprint density at radius 2 is 2.00 bits per heavy atom. The van der Waals surface area contributed by atoms with Crippen LogP contribution < -0.4 is 4.74 Å². The Balaban J connectivity index is 1.79. The van der Waals surface area contributed by atoms with Gasteiger partial charge in [0.2, 0.25) is 0 Å². The van der Waals surface area contributed by atoms with Crippen molar-refractivity contribution >= 4 is 22.6 Å². The van der Waals surface area contributed by atoms with E-state index in [0.29, 0.717) is 23.9 Å². The third-order valence-electron chi connectivity index (χ3n) is 4.66. The van der Waals surface area contributed by atoms with Gasteiger partial charge in [-0.15, -0.1) is 0 Å². The van der Waals surface area contributed by atoms with E-state index in [-0.39, 0.29) is 0 Å². The van der Waals surface area contributed by atoms with Gasteiger partial charge in [0.1, 0.15) is 17.3 Å². The van der Waals surface area contributed by atoms with Gasteiger partial charge < -0.3 is 19.0 Å². The van der Waals surface area contributed by atoms with Gasteiger partial charge in [0, 0.05) is 19.2 Å².